The zero-order valence-corrected chi connectivity index (χ0v) is 13.6. The van der Waals surface area contributed by atoms with Crippen LogP contribution in [0.4, 0.5) is 0 Å². The average molecular weight is 287 g/mol. The predicted molar refractivity (Wildman–Crippen MR) is 90.5 cm³/mol. The van der Waals surface area contributed by atoms with Gasteiger partial charge in [0.05, 0.1) is 0 Å². The summed E-state index contributed by atoms with van der Waals surface area (Å²) in [6.45, 7) is 7.79. The zero-order chi connectivity index (χ0) is 14.4. The topological polar surface area (TPSA) is 12.0 Å². The lowest BCUT2D eigenvalue weighted by molar-refractivity contribution is 0.578. The molecule has 0 radical (unpaired) electrons. The van der Waals surface area contributed by atoms with E-state index >= 15 is 0 Å². The Labute approximate surface area is 127 Å². The molecule has 0 aliphatic rings. The van der Waals surface area contributed by atoms with Gasteiger partial charge in [0.15, 0.2) is 0 Å². The highest BCUT2D eigenvalue weighted by atomic mass is 32.1. The first-order valence-corrected chi connectivity index (χ1v) is 8.49. The molecule has 1 N–H and O–H groups in total. The van der Waals surface area contributed by atoms with Gasteiger partial charge in [0.25, 0.3) is 0 Å². The molecule has 2 rings (SSSR count). The molecular weight excluding hydrogens is 262 g/mol. The number of thiophene rings is 1. The van der Waals surface area contributed by atoms with E-state index in [1.165, 1.54) is 33.7 Å². The van der Waals surface area contributed by atoms with Crippen molar-refractivity contribution in [2.75, 3.05) is 6.54 Å². The number of hydrogen-bond acceptors (Lipinski definition) is 2. The summed E-state index contributed by atoms with van der Waals surface area (Å²) < 4.78 is 0. The lowest BCUT2D eigenvalue weighted by atomic mass is 10.0. The summed E-state index contributed by atoms with van der Waals surface area (Å²) in [4.78, 5) is 2.83. The molecule has 1 aromatic carbocycles. The van der Waals surface area contributed by atoms with E-state index in [1.54, 1.807) is 0 Å². The summed E-state index contributed by atoms with van der Waals surface area (Å²) in [5, 5.41) is 3.56. The highest BCUT2D eigenvalue weighted by Crippen LogP contribution is 2.33. The maximum atomic E-state index is 3.56. The molecule has 1 heterocycles. The van der Waals surface area contributed by atoms with E-state index in [0.717, 1.165) is 13.0 Å². The van der Waals surface area contributed by atoms with Crippen molar-refractivity contribution in [3.8, 4) is 10.4 Å². The van der Waals surface area contributed by atoms with Crippen molar-refractivity contribution >= 4 is 11.3 Å². The van der Waals surface area contributed by atoms with Crippen LogP contribution in [0, 0.1) is 0 Å². The molecule has 1 atom stereocenters. The summed E-state index contributed by atoms with van der Waals surface area (Å²) >= 11 is 1.92. The third-order valence-electron chi connectivity index (χ3n) is 3.56. The Balaban J connectivity index is 2.20. The summed E-state index contributed by atoms with van der Waals surface area (Å²) in [6.07, 6.45) is 3.54. The monoisotopic (exact) mass is 287 g/mol. The normalized spacial score (nSPS) is 12.6. The van der Waals surface area contributed by atoms with E-state index in [-0.39, 0.29) is 0 Å². The van der Waals surface area contributed by atoms with E-state index in [1.807, 2.05) is 11.3 Å². The standard InChI is InChI=1S/C18H25NS/c1-4-8-15-9-6-7-10-16(15)18-12-11-17(20-18)14(3)19-13-5-2/h6-7,9-12,14,19H,4-5,8,13H2,1-3H3. The van der Waals surface area contributed by atoms with Gasteiger partial charge in [0.2, 0.25) is 0 Å². The largest absolute Gasteiger partial charge is 0.309 e. The first-order valence-electron chi connectivity index (χ1n) is 7.67. The van der Waals surface area contributed by atoms with Crippen LogP contribution in [0.2, 0.25) is 0 Å². The zero-order valence-electron chi connectivity index (χ0n) is 12.8. The second-order valence-electron chi connectivity index (χ2n) is 5.28. The lowest BCUT2D eigenvalue weighted by Crippen LogP contribution is -2.18. The van der Waals surface area contributed by atoms with Gasteiger partial charge in [-0.1, -0.05) is 44.5 Å². The maximum Gasteiger partial charge on any atom is 0.0386 e. The smallest absolute Gasteiger partial charge is 0.0386 e. The van der Waals surface area contributed by atoms with Crippen molar-refractivity contribution in [2.24, 2.45) is 0 Å². The molecule has 2 heteroatoms. The molecular formula is C18H25NS. The van der Waals surface area contributed by atoms with Gasteiger partial charge in [-0.3, -0.25) is 0 Å². The average Bonchev–Trinajstić information content (AvgIpc) is 2.95. The molecule has 0 saturated carbocycles. The Morgan fingerprint density at radius 1 is 1.05 bits per heavy atom. The highest BCUT2D eigenvalue weighted by molar-refractivity contribution is 7.15. The van der Waals surface area contributed by atoms with Gasteiger partial charge in [-0.25, -0.2) is 0 Å². The minimum Gasteiger partial charge on any atom is -0.309 e. The quantitative estimate of drug-likeness (QED) is 0.716. The minimum atomic E-state index is 0.451. The number of benzene rings is 1. The maximum absolute atomic E-state index is 3.56. The predicted octanol–water partition coefficient (Wildman–Crippen LogP) is 5.43. The number of nitrogens with one attached hydrogen (secondary N) is 1. The Morgan fingerprint density at radius 3 is 2.60 bits per heavy atom. The molecule has 0 aliphatic carbocycles. The van der Waals surface area contributed by atoms with Gasteiger partial charge in [-0.2, -0.15) is 0 Å². The van der Waals surface area contributed by atoms with Gasteiger partial charge in [0, 0.05) is 15.8 Å². The van der Waals surface area contributed by atoms with E-state index < -0.39 is 0 Å². The molecule has 0 fully saturated rings. The molecule has 0 spiro atoms. The van der Waals surface area contributed by atoms with Crippen LogP contribution in [0.5, 0.6) is 0 Å². The molecule has 20 heavy (non-hydrogen) atoms. The Kier molecular flexibility index (Phi) is 5.81. The molecule has 1 nitrogen and oxygen atoms in total. The first kappa shape index (κ1) is 15.3. The van der Waals surface area contributed by atoms with Crippen LogP contribution in [0.3, 0.4) is 0 Å². The van der Waals surface area contributed by atoms with Crippen molar-refractivity contribution in [1.29, 1.82) is 0 Å². The molecule has 2 aromatic rings. The van der Waals surface area contributed by atoms with Crippen LogP contribution in [0.25, 0.3) is 10.4 Å². The number of aryl methyl sites for hydroxylation is 1. The van der Waals surface area contributed by atoms with Gasteiger partial charge in [-0.15, -0.1) is 11.3 Å². The Hall–Kier alpha value is -1.12. The SMILES string of the molecule is CCCNC(C)c1ccc(-c2ccccc2CCC)s1. The van der Waals surface area contributed by atoms with E-state index in [4.69, 9.17) is 0 Å². The van der Waals surface area contributed by atoms with Crippen LogP contribution in [-0.2, 0) is 6.42 Å². The molecule has 0 saturated heterocycles. The number of hydrogen-bond donors (Lipinski definition) is 1. The second kappa shape index (κ2) is 7.61. The van der Waals surface area contributed by atoms with Crippen LogP contribution in [0.1, 0.15) is 50.1 Å². The summed E-state index contributed by atoms with van der Waals surface area (Å²) in [7, 11) is 0. The molecule has 108 valence electrons. The fourth-order valence-corrected chi connectivity index (χ4v) is 3.54. The molecule has 0 amide bonds. The minimum absolute atomic E-state index is 0.451. The van der Waals surface area contributed by atoms with Crippen molar-refractivity contribution in [3.63, 3.8) is 0 Å². The first-order chi connectivity index (χ1) is 9.76. The van der Waals surface area contributed by atoms with Gasteiger partial charge in [-0.05, 0) is 49.6 Å². The third-order valence-corrected chi connectivity index (χ3v) is 4.86. The second-order valence-corrected chi connectivity index (χ2v) is 6.40. The van der Waals surface area contributed by atoms with E-state index in [2.05, 4.69) is 62.5 Å². The van der Waals surface area contributed by atoms with E-state index in [9.17, 15) is 0 Å². The summed E-state index contributed by atoms with van der Waals surface area (Å²) in [5.41, 5.74) is 2.88. The van der Waals surface area contributed by atoms with Crippen molar-refractivity contribution in [1.82, 2.24) is 5.32 Å². The number of rotatable bonds is 7. The van der Waals surface area contributed by atoms with E-state index in [0.29, 0.717) is 6.04 Å². The van der Waals surface area contributed by atoms with Gasteiger partial charge in [0.1, 0.15) is 0 Å². The van der Waals surface area contributed by atoms with Crippen LogP contribution in [-0.4, -0.2) is 6.54 Å². The molecule has 0 bridgehead atoms. The fraction of sp³-hybridized carbons (Fsp3) is 0.444. The van der Waals surface area contributed by atoms with Crippen LogP contribution >= 0.6 is 11.3 Å². The lowest BCUT2D eigenvalue weighted by Gasteiger charge is -2.11. The third kappa shape index (κ3) is 3.71. The molecule has 1 aromatic heterocycles. The summed E-state index contributed by atoms with van der Waals surface area (Å²) in [5.74, 6) is 0. The molecule has 0 aliphatic heterocycles. The Morgan fingerprint density at radius 2 is 1.85 bits per heavy atom. The Bertz CT molecular complexity index is 530. The summed E-state index contributed by atoms with van der Waals surface area (Å²) in [6, 6.07) is 13.8. The van der Waals surface area contributed by atoms with Crippen molar-refractivity contribution in [2.45, 2.75) is 46.1 Å². The van der Waals surface area contributed by atoms with Crippen LogP contribution in [0.15, 0.2) is 36.4 Å². The van der Waals surface area contributed by atoms with Crippen molar-refractivity contribution in [3.05, 3.63) is 46.8 Å². The van der Waals surface area contributed by atoms with Gasteiger partial charge >= 0.3 is 0 Å². The fourth-order valence-electron chi connectivity index (χ4n) is 2.44. The van der Waals surface area contributed by atoms with Gasteiger partial charge < -0.3 is 5.32 Å². The molecule has 1 unspecified atom stereocenters. The highest BCUT2D eigenvalue weighted by Gasteiger charge is 2.10. The van der Waals surface area contributed by atoms with Crippen LogP contribution < -0.4 is 5.32 Å². The van der Waals surface area contributed by atoms with Crippen molar-refractivity contribution < 1.29 is 0 Å².